The number of ether oxygens (including phenoxy) is 1. The van der Waals surface area contributed by atoms with Gasteiger partial charge < -0.3 is 15.4 Å². The van der Waals surface area contributed by atoms with E-state index in [9.17, 15) is 0 Å². The third kappa shape index (κ3) is 4.97. The highest BCUT2D eigenvalue weighted by Crippen LogP contribution is 2.29. The van der Waals surface area contributed by atoms with Crippen LogP contribution in [0.4, 0.5) is 5.69 Å². The SMILES string of the molecule is CC(N)Cc1cc(Cl)ccc1N(C)CCOCC1CC1. The Balaban J connectivity index is 1.90. The maximum atomic E-state index is 6.09. The number of halogens is 1. The van der Waals surface area contributed by atoms with E-state index in [2.05, 4.69) is 18.0 Å². The Morgan fingerprint density at radius 1 is 1.45 bits per heavy atom. The van der Waals surface area contributed by atoms with Crippen molar-refractivity contribution in [3.05, 3.63) is 28.8 Å². The second-order valence-corrected chi connectivity index (χ2v) is 6.33. The first-order chi connectivity index (χ1) is 9.56. The predicted molar refractivity (Wildman–Crippen MR) is 85.6 cm³/mol. The topological polar surface area (TPSA) is 38.5 Å². The van der Waals surface area contributed by atoms with E-state index >= 15 is 0 Å². The van der Waals surface area contributed by atoms with Gasteiger partial charge >= 0.3 is 0 Å². The van der Waals surface area contributed by atoms with Crippen LogP contribution in [0.15, 0.2) is 18.2 Å². The molecule has 1 fully saturated rings. The molecule has 112 valence electrons. The van der Waals surface area contributed by atoms with E-state index in [0.717, 1.165) is 37.1 Å². The third-order valence-corrected chi connectivity index (χ3v) is 3.85. The number of nitrogens with two attached hydrogens (primary N) is 1. The molecule has 2 rings (SSSR count). The van der Waals surface area contributed by atoms with Crippen LogP contribution in [-0.4, -0.2) is 32.8 Å². The molecule has 0 aromatic heterocycles. The number of rotatable bonds is 8. The number of hydrogen-bond donors (Lipinski definition) is 1. The van der Waals surface area contributed by atoms with Gasteiger partial charge in [0.15, 0.2) is 0 Å². The zero-order valence-electron chi connectivity index (χ0n) is 12.4. The van der Waals surface area contributed by atoms with Crippen molar-refractivity contribution in [3.63, 3.8) is 0 Å². The molecule has 20 heavy (non-hydrogen) atoms. The standard InChI is InChI=1S/C16H25ClN2O/c1-12(18)9-14-10-15(17)5-6-16(14)19(2)7-8-20-11-13-3-4-13/h5-6,10,12-13H,3-4,7-9,11,18H2,1-2H3. The molecule has 0 aliphatic heterocycles. The Hall–Kier alpha value is -0.770. The number of nitrogens with zero attached hydrogens (tertiary/aromatic N) is 1. The molecule has 0 radical (unpaired) electrons. The quantitative estimate of drug-likeness (QED) is 0.749. The Morgan fingerprint density at radius 3 is 2.85 bits per heavy atom. The maximum absolute atomic E-state index is 6.09. The van der Waals surface area contributed by atoms with Gasteiger partial charge in [0.25, 0.3) is 0 Å². The Morgan fingerprint density at radius 2 is 2.20 bits per heavy atom. The van der Waals surface area contributed by atoms with E-state index in [1.54, 1.807) is 0 Å². The number of hydrogen-bond acceptors (Lipinski definition) is 3. The summed E-state index contributed by atoms with van der Waals surface area (Å²) in [5.41, 5.74) is 8.32. The van der Waals surface area contributed by atoms with Crippen LogP contribution in [0.25, 0.3) is 0 Å². The highest BCUT2D eigenvalue weighted by molar-refractivity contribution is 6.30. The summed E-state index contributed by atoms with van der Waals surface area (Å²) in [5.74, 6) is 0.824. The largest absolute Gasteiger partial charge is 0.379 e. The number of anilines is 1. The van der Waals surface area contributed by atoms with Gasteiger partial charge in [0, 0.05) is 37.0 Å². The van der Waals surface area contributed by atoms with E-state index in [0.29, 0.717) is 0 Å². The minimum Gasteiger partial charge on any atom is -0.379 e. The van der Waals surface area contributed by atoms with Crippen molar-refractivity contribution in [1.82, 2.24) is 0 Å². The van der Waals surface area contributed by atoms with Crippen molar-refractivity contribution in [3.8, 4) is 0 Å². The van der Waals surface area contributed by atoms with Crippen molar-refractivity contribution in [2.75, 3.05) is 31.7 Å². The van der Waals surface area contributed by atoms with E-state index in [1.165, 1.54) is 24.1 Å². The normalized spacial score (nSPS) is 16.2. The first kappa shape index (κ1) is 15.6. The Bertz CT molecular complexity index is 432. The molecule has 1 aliphatic rings. The van der Waals surface area contributed by atoms with Gasteiger partial charge in [0.05, 0.1) is 6.61 Å². The summed E-state index contributed by atoms with van der Waals surface area (Å²) < 4.78 is 5.70. The molecule has 0 heterocycles. The van der Waals surface area contributed by atoms with E-state index < -0.39 is 0 Å². The summed E-state index contributed by atoms with van der Waals surface area (Å²) in [6.07, 6.45) is 3.51. The molecule has 2 N–H and O–H groups in total. The summed E-state index contributed by atoms with van der Waals surface area (Å²) in [7, 11) is 2.09. The van der Waals surface area contributed by atoms with Gasteiger partial charge in [-0.2, -0.15) is 0 Å². The van der Waals surface area contributed by atoms with Gasteiger partial charge in [0.1, 0.15) is 0 Å². The highest BCUT2D eigenvalue weighted by atomic mass is 35.5. The van der Waals surface area contributed by atoms with E-state index in [1.807, 2.05) is 19.1 Å². The summed E-state index contributed by atoms with van der Waals surface area (Å²) in [4.78, 5) is 2.22. The van der Waals surface area contributed by atoms with Crippen LogP contribution in [0.5, 0.6) is 0 Å². The Kier molecular flexibility index (Phi) is 5.70. The second-order valence-electron chi connectivity index (χ2n) is 5.89. The molecule has 0 bridgehead atoms. The molecule has 0 amide bonds. The van der Waals surface area contributed by atoms with Gasteiger partial charge in [-0.3, -0.25) is 0 Å². The summed E-state index contributed by atoms with van der Waals surface area (Å²) in [5, 5.41) is 0.766. The van der Waals surface area contributed by atoms with Crippen LogP contribution in [0.1, 0.15) is 25.3 Å². The minimum absolute atomic E-state index is 0.131. The predicted octanol–water partition coefficient (Wildman–Crippen LogP) is 3.09. The first-order valence-corrected chi connectivity index (χ1v) is 7.77. The smallest absolute Gasteiger partial charge is 0.0641 e. The van der Waals surface area contributed by atoms with Gasteiger partial charge in [-0.15, -0.1) is 0 Å². The Labute approximate surface area is 127 Å². The molecule has 1 aromatic rings. The van der Waals surface area contributed by atoms with Crippen molar-refractivity contribution < 1.29 is 4.74 Å². The van der Waals surface area contributed by atoms with Crippen molar-refractivity contribution in [2.24, 2.45) is 11.7 Å². The maximum Gasteiger partial charge on any atom is 0.0641 e. The average molecular weight is 297 g/mol. The van der Waals surface area contributed by atoms with Gasteiger partial charge in [-0.25, -0.2) is 0 Å². The fourth-order valence-corrected chi connectivity index (χ4v) is 2.49. The molecule has 1 aromatic carbocycles. The second kappa shape index (κ2) is 7.30. The van der Waals surface area contributed by atoms with Crippen LogP contribution in [0.2, 0.25) is 5.02 Å². The third-order valence-electron chi connectivity index (χ3n) is 3.62. The lowest BCUT2D eigenvalue weighted by Crippen LogP contribution is -2.26. The van der Waals surface area contributed by atoms with Crippen LogP contribution < -0.4 is 10.6 Å². The zero-order chi connectivity index (χ0) is 14.5. The van der Waals surface area contributed by atoms with Crippen LogP contribution in [0, 0.1) is 5.92 Å². The van der Waals surface area contributed by atoms with Gasteiger partial charge in [-0.05, 0) is 55.9 Å². The average Bonchev–Trinajstić information content (AvgIpc) is 3.18. The van der Waals surface area contributed by atoms with Gasteiger partial charge in [-0.1, -0.05) is 11.6 Å². The van der Waals surface area contributed by atoms with E-state index in [-0.39, 0.29) is 6.04 Å². The molecule has 1 unspecified atom stereocenters. The van der Waals surface area contributed by atoms with Crippen LogP contribution in [0.3, 0.4) is 0 Å². The fourth-order valence-electron chi connectivity index (χ4n) is 2.29. The molecule has 4 heteroatoms. The lowest BCUT2D eigenvalue weighted by molar-refractivity contribution is 0.131. The molecule has 3 nitrogen and oxygen atoms in total. The lowest BCUT2D eigenvalue weighted by Gasteiger charge is -2.23. The summed E-state index contributed by atoms with van der Waals surface area (Å²) >= 11 is 6.09. The van der Waals surface area contributed by atoms with Gasteiger partial charge in [0.2, 0.25) is 0 Å². The fraction of sp³-hybridized carbons (Fsp3) is 0.625. The summed E-state index contributed by atoms with van der Waals surface area (Å²) in [6.45, 7) is 4.60. The van der Waals surface area contributed by atoms with Crippen LogP contribution >= 0.6 is 11.6 Å². The van der Waals surface area contributed by atoms with Crippen molar-refractivity contribution >= 4 is 17.3 Å². The number of benzene rings is 1. The van der Waals surface area contributed by atoms with E-state index in [4.69, 9.17) is 22.1 Å². The summed E-state index contributed by atoms with van der Waals surface area (Å²) in [6, 6.07) is 6.15. The molecule has 0 saturated heterocycles. The molecular formula is C16H25ClN2O. The molecule has 1 atom stereocenters. The zero-order valence-corrected chi connectivity index (χ0v) is 13.2. The molecule has 1 aliphatic carbocycles. The monoisotopic (exact) mass is 296 g/mol. The van der Waals surface area contributed by atoms with Crippen molar-refractivity contribution in [2.45, 2.75) is 32.2 Å². The van der Waals surface area contributed by atoms with Crippen molar-refractivity contribution in [1.29, 1.82) is 0 Å². The lowest BCUT2D eigenvalue weighted by atomic mass is 10.0. The number of likely N-dealkylation sites (N-methyl/N-ethyl adjacent to an activating group) is 1. The molecule has 1 saturated carbocycles. The minimum atomic E-state index is 0.131. The van der Waals surface area contributed by atoms with Crippen LogP contribution in [-0.2, 0) is 11.2 Å². The highest BCUT2D eigenvalue weighted by Gasteiger charge is 2.21. The molecular weight excluding hydrogens is 272 g/mol. The first-order valence-electron chi connectivity index (χ1n) is 7.39. The molecule has 0 spiro atoms.